The van der Waals surface area contributed by atoms with Crippen LogP contribution in [0.5, 0.6) is 0 Å². The quantitative estimate of drug-likeness (QED) is 0.747. The molecule has 1 rings (SSSR count). The smallest absolute Gasteiger partial charge is 0.293 e. The summed E-state index contributed by atoms with van der Waals surface area (Å²) in [4.78, 5) is 11.8. The standard InChI is InChI=1S/C13H15F3OS/c1-9(2)7-18-8-12(17)10-5-3-4-6-11(10)13(14,15)16/h3-6,9H,7-8H2,1-2H3. The largest absolute Gasteiger partial charge is 0.417 e. The van der Waals surface area contributed by atoms with Gasteiger partial charge >= 0.3 is 6.18 Å². The summed E-state index contributed by atoms with van der Waals surface area (Å²) in [7, 11) is 0. The van der Waals surface area contributed by atoms with Gasteiger partial charge in [-0.25, -0.2) is 0 Å². The van der Waals surface area contributed by atoms with Gasteiger partial charge in [0.1, 0.15) is 0 Å². The first kappa shape index (κ1) is 15.1. The molecule has 0 aliphatic heterocycles. The summed E-state index contributed by atoms with van der Waals surface area (Å²) in [5, 5.41) is 0. The van der Waals surface area contributed by atoms with E-state index in [1.165, 1.54) is 30.0 Å². The van der Waals surface area contributed by atoms with E-state index in [0.717, 1.165) is 11.8 Å². The molecule has 0 aliphatic rings. The molecular formula is C13H15F3OS. The summed E-state index contributed by atoms with van der Waals surface area (Å²) in [6.45, 7) is 4.00. The lowest BCUT2D eigenvalue weighted by Gasteiger charge is -2.11. The zero-order valence-corrected chi connectivity index (χ0v) is 11.1. The zero-order valence-electron chi connectivity index (χ0n) is 10.3. The van der Waals surface area contributed by atoms with Crippen LogP contribution in [0.3, 0.4) is 0 Å². The number of hydrogen-bond donors (Lipinski definition) is 0. The lowest BCUT2D eigenvalue weighted by Crippen LogP contribution is -2.14. The molecular weight excluding hydrogens is 261 g/mol. The van der Waals surface area contributed by atoms with Crippen molar-refractivity contribution >= 4 is 17.5 Å². The third-order valence-electron chi connectivity index (χ3n) is 2.22. The Hall–Kier alpha value is -0.970. The maximum absolute atomic E-state index is 12.7. The van der Waals surface area contributed by atoms with Gasteiger partial charge in [0.15, 0.2) is 5.78 Å². The van der Waals surface area contributed by atoms with E-state index in [1.807, 2.05) is 13.8 Å². The minimum atomic E-state index is -4.48. The highest BCUT2D eigenvalue weighted by Crippen LogP contribution is 2.32. The molecule has 0 saturated carbocycles. The van der Waals surface area contributed by atoms with Gasteiger partial charge in [0.05, 0.1) is 11.3 Å². The van der Waals surface area contributed by atoms with Crippen molar-refractivity contribution < 1.29 is 18.0 Å². The van der Waals surface area contributed by atoms with E-state index in [4.69, 9.17) is 0 Å². The minimum absolute atomic E-state index is 0.0886. The Kier molecular flexibility index (Phi) is 5.26. The second-order valence-electron chi connectivity index (χ2n) is 4.38. The Bertz CT molecular complexity index is 413. The topological polar surface area (TPSA) is 17.1 Å². The van der Waals surface area contributed by atoms with Crippen LogP contribution in [0.2, 0.25) is 0 Å². The van der Waals surface area contributed by atoms with Crippen LogP contribution in [0.15, 0.2) is 24.3 Å². The number of thioether (sulfide) groups is 1. The van der Waals surface area contributed by atoms with Crippen molar-refractivity contribution in [3.8, 4) is 0 Å². The minimum Gasteiger partial charge on any atom is -0.293 e. The Labute approximate surface area is 109 Å². The summed E-state index contributed by atoms with van der Waals surface area (Å²) in [5.41, 5.74) is -1.08. The molecule has 1 aromatic carbocycles. The van der Waals surface area contributed by atoms with Crippen molar-refractivity contribution in [1.29, 1.82) is 0 Å². The average Bonchev–Trinajstić information content (AvgIpc) is 2.27. The second-order valence-corrected chi connectivity index (χ2v) is 5.41. The molecule has 0 saturated heterocycles. The fraction of sp³-hybridized carbons (Fsp3) is 0.462. The van der Waals surface area contributed by atoms with E-state index < -0.39 is 17.5 Å². The van der Waals surface area contributed by atoms with Gasteiger partial charge in [0.2, 0.25) is 0 Å². The van der Waals surface area contributed by atoms with Gasteiger partial charge in [0, 0.05) is 5.56 Å². The summed E-state index contributed by atoms with van der Waals surface area (Å²) in [6, 6.07) is 4.93. The van der Waals surface area contributed by atoms with Crippen LogP contribution < -0.4 is 0 Å². The predicted octanol–water partition coefficient (Wildman–Crippen LogP) is 4.28. The van der Waals surface area contributed by atoms with Gasteiger partial charge in [-0.2, -0.15) is 24.9 Å². The van der Waals surface area contributed by atoms with Crippen LogP contribution in [0.25, 0.3) is 0 Å². The molecule has 0 unspecified atom stereocenters. The van der Waals surface area contributed by atoms with Gasteiger partial charge in [-0.1, -0.05) is 32.0 Å². The van der Waals surface area contributed by atoms with Crippen molar-refractivity contribution in [1.82, 2.24) is 0 Å². The average molecular weight is 276 g/mol. The third kappa shape index (κ3) is 4.37. The number of hydrogen-bond acceptors (Lipinski definition) is 2. The van der Waals surface area contributed by atoms with Gasteiger partial charge in [0.25, 0.3) is 0 Å². The molecule has 1 aromatic rings. The molecule has 1 nitrogen and oxygen atoms in total. The molecule has 0 spiro atoms. The van der Waals surface area contributed by atoms with E-state index in [0.29, 0.717) is 5.92 Å². The van der Waals surface area contributed by atoms with Crippen LogP contribution >= 0.6 is 11.8 Å². The van der Waals surface area contributed by atoms with E-state index in [2.05, 4.69) is 0 Å². The number of carbonyl (C=O) groups is 1. The van der Waals surface area contributed by atoms with Crippen LogP contribution in [0, 0.1) is 5.92 Å². The third-order valence-corrected chi connectivity index (χ3v) is 3.59. The summed E-state index contributed by atoms with van der Waals surface area (Å²) >= 11 is 1.37. The molecule has 0 radical (unpaired) electrons. The van der Waals surface area contributed by atoms with E-state index in [-0.39, 0.29) is 11.3 Å². The first-order valence-corrected chi connectivity index (χ1v) is 6.75. The van der Waals surface area contributed by atoms with Crippen molar-refractivity contribution in [3.05, 3.63) is 35.4 Å². The Balaban J connectivity index is 2.80. The number of carbonyl (C=O) groups excluding carboxylic acids is 1. The van der Waals surface area contributed by atoms with Crippen LogP contribution in [0.4, 0.5) is 13.2 Å². The van der Waals surface area contributed by atoms with Gasteiger partial charge in [-0.15, -0.1) is 0 Å². The van der Waals surface area contributed by atoms with Gasteiger partial charge < -0.3 is 0 Å². The number of benzene rings is 1. The molecule has 18 heavy (non-hydrogen) atoms. The van der Waals surface area contributed by atoms with Crippen molar-refractivity contribution in [2.75, 3.05) is 11.5 Å². The van der Waals surface area contributed by atoms with Gasteiger partial charge in [-0.3, -0.25) is 4.79 Å². The molecule has 0 amide bonds. The maximum atomic E-state index is 12.7. The lowest BCUT2D eigenvalue weighted by atomic mass is 10.0. The van der Waals surface area contributed by atoms with E-state index in [1.54, 1.807) is 0 Å². The predicted molar refractivity (Wildman–Crippen MR) is 67.9 cm³/mol. The molecule has 0 aromatic heterocycles. The summed E-state index contributed by atoms with van der Waals surface area (Å²) in [5.74, 6) is 0.805. The molecule has 0 aliphatic carbocycles. The molecule has 0 N–H and O–H groups in total. The van der Waals surface area contributed by atoms with Crippen LogP contribution in [-0.4, -0.2) is 17.3 Å². The van der Waals surface area contributed by atoms with E-state index in [9.17, 15) is 18.0 Å². The maximum Gasteiger partial charge on any atom is 0.417 e. The van der Waals surface area contributed by atoms with Crippen molar-refractivity contribution in [3.63, 3.8) is 0 Å². The van der Waals surface area contributed by atoms with Crippen molar-refractivity contribution in [2.45, 2.75) is 20.0 Å². The molecule has 0 atom stereocenters. The Morgan fingerprint density at radius 3 is 2.44 bits per heavy atom. The fourth-order valence-corrected chi connectivity index (χ4v) is 2.37. The summed E-state index contributed by atoms with van der Waals surface area (Å²) in [6.07, 6.45) is -4.48. The first-order valence-electron chi connectivity index (χ1n) is 5.59. The normalized spacial score (nSPS) is 11.9. The molecule has 0 heterocycles. The highest BCUT2D eigenvalue weighted by atomic mass is 32.2. The monoisotopic (exact) mass is 276 g/mol. The first-order chi connectivity index (χ1) is 8.32. The molecule has 5 heteroatoms. The SMILES string of the molecule is CC(C)CSCC(=O)c1ccccc1C(F)(F)F. The molecule has 0 bridgehead atoms. The zero-order chi connectivity index (χ0) is 13.8. The van der Waals surface area contributed by atoms with Gasteiger partial charge in [-0.05, 0) is 17.7 Å². The van der Waals surface area contributed by atoms with E-state index >= 15 is 0 Å². The number of rotatable bonds is 5. The number of Topliss-reactive ketones (excluding diaryl/α,β-unsaturated/α-hetero) is 1. The lowest BCUT2D eigenvalue weighted by molar-refractivity contribution is -0.137. The highest BCUT2D eigenvalue weighted by molar-refractivity contribution is 7.99. The highest BCUT2D eigenvalue weighted by Gasteiger charge is 2.34. The number of halogens is 3. The second kappa shape index (κ2) is 6.27. The summed E-state index contributed by atoms with van der Waals surface area (Å²) < 4.78 is 38.1. The number of ketones is 1. The van der Waals surface area contributed by atoms with Crippen LogP contribution in [-0.2, 0) is 6.18 Å². The van der Waals surface area contributed by atoms with Crippen molar-refractivity contribution in [2.24, 2.45) is 5.92 Å². The molecule has 100 valence electrons. The Morgan fingerprint density at radius 1 is 1.28 bits per heavy atom. The number of alkyl halides is 3. The van der Waals surface area contributed by atoms with Crippen LogP contribution in [0.1, 0.15) is 29.8 Å². The molecule has 0 fully saturated rings. The Morgan fingerprint density at radius 2 is 1.89 bits per heavy atom. The fourth-order valence-electron chi connectivity index (χ4n) is 1.44.